The molecule has 0 radical (unpaired) electrons. The lowest BCUT2D eigenvalue weighted by molar-refractivity contribution is -0.122. The van der Waals surface area contributed by atoms with Crippen molar-refractivity contribution in [2.24, 2.45) is 15.0 Å². The molecule has 0 saturated heterocycles. The van der Waals surface area contributed by atoms with Crippen molar-refractivity contribution >= 4 is 30.3 Å². The summed E-state index contributed by atoms with van der Waals surface area (Å²) in [7, 11) is 1.00. The van der Waals surface area contributed by atoms with Crippen LogP contribution in [0, 0.1) is 0 Å². The molecule has 15 heteroatoms. The summed E-state index contributed by atoms with van der Waals surface area (Å²) in [6, 6.07) is 11.0. The van der Waals surface area contributed by atoms with Crippen molar-refractivity contribution in [1.82, 2.24) is 5.32 Å². The van der Waals surface area contributed by atoms with Gasteiger partial charge < -0.3 is 39.8 Å². The first-order valence-corrected chi connectivity index (χ1v) is 12.2. The van der Waals surface area contributed by atoms with E-state index in [1.54, 1.807) is 24.3 Å². The van der Waals surface area contributed by atoms with Crippen molar-refractivity contribution < 1.29 is 47.1 Å². The van der Waals surface area contributed by atoms with Crippen molar-refractivity contribution in [2.75, 3.05) is 58.6 Å². The number of carbonyl (C=O) groups is 1. The maximum atomic E-state index is 12.9. The van der Waals surface area contributed by atoms with Crippen molar-refractivity contribution in [3.63, 3.8) is 0 Å². The fourth-order valence-electron chi connectivity index (χ4n) is 3.15. The fourth-order valence-corrected chi connectivity index (χ4v) is 3.15. The molecule has 12 nitrogen and oxygen atoms in total. The predicted octanol–water partition coefficient (Wildman–Crippen LogP) is 2.97. The molecule has 41 heavy (non-hydrogen) atoms. The van der Waals surface area contributed by atoms with Gasteiger partial charge in [0.2, 0.25) is 11.9 Å². The predicted molar refractivity (Wildman–Crippen MR) is 146 cm³/mol. The first-order valence-electron chi connectivity index (χ1n) is 12.2. The van der Waals surface area contributed by atoms with Crippen LogP contribution in [0.4, 0.5) is 18.9 Å². The van der Waals surface area contributed by atoms with E-state index in [1.165, 1.54) is 18.2 Å². The van der Waals surface area contributed by atoms with Gasteiger partial charge in [-0.3, -0.25) is 0 Å². The smallest absolute Gasteiger partial charge is 0.405 e. The topological polar surface area (TPSA) is 156 Å². The van der Waals surface area contributed by atoms with Gasteiger partial charge >= 0.3 is 12.1 Å². The molecule has 0 atom stereocenters. The molecule has 2 heterocycles. The number of benzene rings is 2. The number of guanidine groups is 2. The Balaban J connectivity index is 0.00000287. The summed E-state index contributed by atoms with van der Waals surface area (Å²) in [5.41, 5.74) is 0.904. The first kappa shape index (κ1) is 33.0. The quantitative estimate of drug-likeness (QED) is 0.308. The minimum Gasteiger partial charge on any atom is -0.491 e. The number of hydrogen-bond acceptors (Lipinski definition) is 11. The molecule has 0 spiro atoms. The molecule has 224 valence electrons. The molecular formula is C26H32F3N5O7. The highest BCUT2D eigenvalue weighted by atomic mass is 19.4. The Morgan fingerprint density at radius 3 is 2.27 bits per heavy atom. The summed E-state index contributed by atoms with van der Waals surface area (Å²) in [6.45, 7) is 3.56. The van der Waals surface area contributed by atoms with Gasteiger partial charge in [-0.1, -0.05) is 12.1 Å². The van der Waals surface area contributed by atoms with Gasteiger partial charge in [-0.05, 0) is 36.5 Å². The Kier molecular flexibility index (Phi) is 14.1. The molecule has 0 aromatic heterocycles. The van der Waals surface area contributed by atoms with Gasteiger partial charge in [-0.15, -0.1) is 0 Å². The third-order valence-corrected chi connectivity index (χ3v) is 4.97. The molecule has 4 bridgehead atoms. The number of aliphatic hydroxyl groups is 1. The number of aromatic carboxylic acids is 1. The maximum absolute atomic E-state index is 12.9. The number of aliphatic imine (C=N–C) groups is 3. The van der Waals surface area contributed by atoms with Crippen molar-refractivity contribution in [3.05, 3.63) is 53.6 Å². The van der Waals surface area contributed by atoms with Gasteiger partial charge in [0.25, 0.3) is 0 Å². The largest absolute Gasteiger partial charge is 0.491 e. The summed E-state index contributed by atoms with van der Waals surface area (Å²) in [5, 5.41) is 21.4. The van der Waals surface area contributed by atoms with E-state index in [0.717, 1.165) is 7.11 Å². The normalized spacial score (nSPS) is 16.6. The zero-order valence-electron chi connectivity index (χ0n) is 22.3. The number of carboxylic acid groups (broad SMARTS) is 1. The molecule has 0 amide bonds. The molecule has 2 aliphatic rings. The van der Waals surface area contributed by atoms with Gasteiger partial charge in [-0.2, -0.15) is 18.2 Å². The first-order chi connectivity index (χ1) is 19.7. The summed E-state index contributed by atoms with van der Waals surface area (Å²) in [6.07, 6.45) is -4.52. The number of rotatable bonds is 2. The van der Waals surface area contributed by atoms with E-state index in [9.17, 15) is 23.1 Å². The van der Waals surface area contributed by atoms with Crippen LogP contribution in [0.3, 0.4) is 0 Å². The molecule has 2 aromatic rings. The van der Waals surface area contributed by atoms with Gasteiger partial charge in [0.15, 0.2) is 0 Å². The molecule has 0 fully saturated rings. The lowest BCUT2D eigenvalue weighted by atomic mass is 10.2. The molecular weight excluding hydrogens is 551 g/mol. The number of nitrogens with zero attached hydrogens (tertiary/aromatic N) is 3. The minimum absolute atomic E-state index is 0.0167. The zero-order valence-corrected chi connectivity index (χ0v) is 22.3. The lowest BCUT2D eigenvalue weighted by Gasteiger charge is -2.13. The van der Waals surface area contributed by atoms with Gasteiger partial charge in [0, 0.05) is 18.9 Å². The summed E-state index contributed by atoms with van der Waals surface area (Å²) < 4.78 is 60.8. The van der Waals surface area contributed by atoms with Gasteiger partial charge in [-0.25, -0.2) is 14.8 Å². The Morgan fingerprint density at radius 2 is 1.66 bits per heavy atom. The van der Waals surface area contributed by atoms with E-state index < -0.39 is 18.7 Å². The number of nitrogens with one attached hydrogen (secondary N) is 2. The minimum atomic E-state index is -4.52. The third kappa shape index (κ3) is 12.7. The Morgan fingerprint density at radius 1 is 1.02 bits per heavy atom. The number of halogens is 3. The van der Waals surface area contributed by atoms with Crippen LogP contribution < -0.4 is 20.1 Å². The number of carboxylic acids is 1. The van der Waals surface area contributed by atoms with Crippen LogP contribution in [0.15, 0.2) is 57.4 Å². The number of aliphatic hydroxyl groups excluding tert-OH is 1. The second kappa shape index (κ2) is 17.5. The molecule has 4 N–H and O–H groups in total. The van der Waals surface area contributed by atoms with Crippen LogP contribution >= 0.6 is 0 Å². The highest BCUT2D eigenvalue weighted by Crippen LogP contribution is 2.24. The standard InChI is InChI=1S/C25H28F3N5O6.CH4O/c1-29-23-32-18-4-7-20(22(34)35)21(14-18)39-13-11-37-9-8-36-10-12-38-19-5-2-17(3-6-19)15-30-24(33-23)31-16-25(26,27)28;1-2/h2-7,14H,1,8-13,15-16H2,(H,34,35)(H2,30,31,32,33);2H,1H3. The second-order valence-corrected chi connectivity index (χ2v) is 7.91. The molecule has 4 rings (SSSR count). The Labute approximate surface area is 234 Å². The second-order valence-electron chi connectivity index (χ2n) is 7.91. The van der Waals surface area contributed by atoms with Crippen LogP contribution in [-0.4, -0.2) is 94.3 Å². The molecule has 0 saturated carbocycles. The van der Waals surface area contributed by atoms with E-state index in [0.29, 0.717) is 43.4 Å². The molecule has 2 aliphatic heterocycles. The van der Waals surface area contributed by atoms with Crippen molar-refractivity contribution in [1.29, 1.82) is 0 Å². The lowest BCUT2D eigenvalue weighted by Crippen LogP contribution is -2.34. The Hall–Kier alpha value is -4.21. The number of hydrogen-bond donors (Lipinski definition) is 4. The number of fused-ring (bicyclic) bond motifs is 14. The van der Waals surface area contributed by atoms with Crippen LogP contribution in [-0.2, 0) is 16.0 Å². The van der Waals surface area contributed by atoms with E-state index in [-0.39, 0.29) is 43.0 Å². The third-order valence-electron chi connectivity index (χ3n) is 4.97. The van der Waals surface area contributed by atoms with Crippen molar-refractivity contribution in [2.45, 2.75) is 12.7 Å². The van der Waals surface area contributed by atoms with E-state index >= 15 is 0 Å². The van der Waals surface area contributed by atoms with E-state index in [1.807, 2.05) is 0 Å². The number of ether oxygens (including phenoxy) is 4. The van der Waals surface area contributed by atoms with Gasteiger partial charge in [0.1, 0.15) is 36.8 Å². The monoisotopic (exact) mass is 583 g/mol. The summed E-state index contributed by atoms with van der Waals surface area (Å²) in [4.78, 5) is 23.5. The highest BCUT2D eigenvalue weighted by Gasteiger charge is 2.27. The van der Waals surface area contributed by atoms with Crippen LogP contribution in [0.5, 0.6) is 11.5 Å². The maximum Gasteiger partial charge on any atom is 0.405 e. The van der Waals surface area contributed by atoms with Crippen LogP contribution in [0.1, 0.15) is 15.9 Å². The fraction of sp³-hybridized carbons (Fsp3) is 0.385. The average molecular weight is 584 g/mol. The summed E-state index contributed by atoms with van der Waals surface area (Å²) in [5.74, 6) is -1.09. The number of alkyl halides is 3. The Bertz CT molecular complexity index is 1180. The van der Waals surface area contributed by atoms with Crippen LogP contribution in [0.2, 0.25) is 0 Å². The van der Waals surface area contributed by atoms with Gasteiger partial charge in [0.05, 0.1) is 33.0 Å². The molecule has 0 unspecified atom stereocenters. The molecule has 0 aliphatic carbocycles. The van der Waals surface area contributed by atoms with Crippen LogP contribution in [0.25, 0.3) is 0 Å². The average Bonchev–Trinajstić information content (AvgIpc) is 2.95. The molecule has 2 aromatic carbocycles. The van der Waals surface area contributed by atoms with E-state index in [4.69, 9.17) is 24.1 Å². The zero-order chi connectivity index (χ0) is 30.1. The summed E-state index contributed by atoms with van der Waals surface area (Å²) >= 11 is 0. The van der Waals surface area contributed by atoms with Crippen molar-refractivity contribution in [3.8, 4) is 11.5 Å². The highest BCUT2D eigenvalue weighted by molar-refractivity contribution is 6.04. The van der Waals surface area contributed by atoms with E-state index in [2.05, 4.69) is 32.3 Å². The SMILES string of the molecule is C=N/C1=N\C(NCC(F)(F)F)=NCc2ccc(cc2)OCCOCCOCCOc2cc(ccc2C(=O)O)N1.CO. The number of anilines is 1.